The fraction of sp³-hybridized carbons (Fsp3) is 1.00. The molecule has 3 bridgehead atoms. The van der Waals surface area contributed by atoms with E-state index in [1.165, 1.54) is 19.3 Å². The lowest BCUT2D eigenvalue weighted by Crippen LogP contribution is -2.33. The summed E-state index contributed by atoms with van der Waals surface area (Å²) >= 11 is 6.27. The van der Waals surface area contributed by atoms with E-state index in [1.807, 2.05) is 0 Å². The van der Waals surface area contributed by atoms with Gasteiger partial charge in [-0.3, -0.25) is 0 Å². The van der Waals surface area contributed by atoms with Crippen LogP contribution < -0.4 is 0 Å². The maximum Gasteiger partial charge on any atom is 0.0613 e. The molecule has 3 fully saturated rings. The second-order valence-corrected chi connectivity index (χ2v) is 5.47. The topological polar surface area (TPSA) is 20.2 Å². The third-order valence-electron chi connectivity index (χ3n) is 4.28. The zero-order valence-electron chi connectivity index (χ0n) is 7.12. The van der Waals surface area contributed by atoms with E-state index in [2.05, 4.69) is 0 Å². The first kappa shape index (κ1) is 7.64. The van der Waals surface area contributed by atoms with E-state index in [0.717, 1.165) is 18.3 Å². The number of alkyl halides is 1. The van der Waals surface area contributed by atoms with Gasteiger partial charge in [-0.05, 0) is 43.4 Å². The van der Waals surface area contributed by atoms with Crippen molar-refractivity contribution in [2.75, 3.05) is 0 Å². The number of hydrogen-bond acceptors (Lipinski definition) is 1. The van der Waals surface area contributed by atoms with Gasteiger partial charge in [-0.1, -0.05) is 0 Å². The van der Waals surface area contributed by atoms with Crippen molar-refractivity contribution >= 4 is 11.6 Å². The van der Waals surface area contributed by atoms with Crippen LogP contribution in [0.4, 0.5) is 0 Å². The standard InChI is InChI=1S/C10H15ClO/c11-8-3-5-1-6-4-7(2-5)10(12)9(6)8/h5-10,12H,1-4H2. The van der Waals surface area contributed by atoms with Crippen LogP contribution in [0.25, 0.3) is 0 Å². The maximum atomic E-state index is 9.97. The van der Waals surface area contributed by atoms with E-state index < -0.39 is 0 Å². The summed E-state index contributed by atoms with van der Waals surface area (Å²) in [7, 11) is 0. The van der Waals surface area contributed by atoms with Crippen LogP contribution in [0.2, 0.25) is 0 Å². The van der Waals surface area contributed by atoms with E-state index in [4.69, 9.17) is 11.6 Å². The Bertz CT molecular complexity index is 200. The summed E-state index contributed by atoms with van der Waals surface area (Å²) in [6.07, 6.45) is 4.95. The van der Waals surface area contributed by atoms with Crippen molar-refractivity contribution in [3.05, 3.63) is 0 Å². The second-order valence-electron chi connectivity index (χ2n) is 4.91. The highest BCUT2D eigenvalue weighted by Crippen LogP contribution is 2.56. The Morgan fingerprint density at radius 2 is 1.75 bits per heavy atom. The first-order chi connectivity index (χ1) is 5.75. The highest BCUT2D eigenvalue weighted by atomic mass is 35.5. The van der Waals surface area contributed by atoms with Crippen molar-refractivity contribution in [2.45, 2.75) is 37.2 Å². The lowest BCUT2D eigenvalue weighted by atomic mass is 9.72. The van der Waals surface area contributed by atoms with E-state index in [-0.39, 0.29) is 11.5 Å². The van der Waals surface area contributed by atoms with Crippen LogP contribution in [0.1, 0.15) is 25.7 Å². The van der Waals surface area contributed by atoms with Crippen LogP contribution in [-0.4, -0.2) is 16.6 Å². The van der Waals surface area contributed by atoms with Crippen molar-refractivity contribution in [3.63, 3.8) is 0 Å². The van der Waals surface area contributed by atoms with Crippen LogP contribution in [-0.2, 0) is 0 Å². The molecule has 0 aliphatic heterocycles. The molecule has 6 unspecified atom stereocenters. The molecule has 1 N–H and O–H groups in total. The third kappa shape index (κ3) is 0.843. The minimum Gasteiger partial charge on any atom is -0.392 e. The fourth-order valence-corrected chi connectivity index (χ4v) is 4.50. The molecule has 1 nitrogen and oxygen atoms in total. The Labute approximate surface area is 78.1 Å². The molecule has 6 atom stereocenters. The van der Waals surface area contributed by atoms with Crippen LogP contribution >= 0.6 is 11.6 Å². The van der Waals surface area contributed by atoms with Gasteiger partial charge < -0.3 is 5.11 Å². The van der Waals surface area contributed by atoms with Gasteiger partial charge in [0.1, 0.15) is 0 Å². The minimum atomic E-state index is -0.0648. The molecule has 0 heterocycles. The van der Waals surface area contributed by atoms with Gasteiger partial charge in [0, 0.05) is 11.3 Å². The van der Waals surface area contributed by atoms with Crippen LogP contribution in [0.5, 0.6) is 0 Å². The molecular formula is C10H15ClO. The maximum absolute atomic E-state index is 9.97. The highest BCUT2D eigenvalue weighted by Gasteiger charge is 2.53. The molecule has 0 aromatic heterocycles. The quantitative estimate of drug-likeness (QED) is 0.574. The zero-order chi connectivity index (χ0) is 8.29. The fourth-order valence-electron chi connectivity index (χ4n) is 3.90. The van der Waals surface area contributed by atoms with Gasteiger partial charge in [-0.2, -0.15) is 0 Å². The first-order valence-electron chi connectivity index (χ1n) is 5.08. The van der Waals surface area contributed by atoms with Gasteiger partial charge in [0.15, 0.2) is 0 Å². The lowest BCUT2D eigenvalue weighted by molar-refractivity contribution is 0.0897. The van der Waals surface area contributed by atoms with Crippen LogP contribution in [0, 0.1) is 23.7 Å². The Morgan fingerprint density at radius 3 is 2.58 bits per heavy atom. The molecule has 0 amide bonds. The smallest absolute Gasteiger partial charge is 0.0613 e. The summed E-state index contributed by atoms with van der Waals surface area (Å²) < 4.78 is 0. The minimum absolute atomic E-state index is 0.0648. The van der Waals surface area contributed by atoms with Crippen LogP contribution in [0.3, 0.4) is 0 Å². The van der Waals surface area contributed by atoms with Gasteiger partial charge in [0.05, 0.1) is 6.10 Å². The summed E-state index contributed by atoms with van der Waals surface area (Å²) in [5.41, 5.74) is 0. The van der Waals surface area contributed by atoms with Crippen molar-refractivity contribution in [1.29, 1.82) is 0 Å². The summed E-state index contributed by atoms with van der Waals surface area (Å²) in [6, 6.07) is 0. The van der Waals surface area contributed by atoms with Gasteiger partial charge in [0.2, 0.25) is 0 Å². The number of hydrogen-bond donors (Lipinski definition) is 1. The molecule has 0 aromatic carbocycles. The van der Waals surface area contributed by atoms with E-state index >= 15 is 0 Å². The SMILES string of the molecule is OC1C2CC3CC(Cl)C1C(C3)C2. The number of aliphatic hydroxyl groups excluding tert-OH is 1. The first-order valence-corrected chi connectivity index (χ1v) is 5.51. The lowest BCUT2D eigenvalue weighted by Gasteiger charge is -2.36. The summed E-state index contributed by atoms with van der Waals surface area (Å²) in [5.74, 6) is 2.64. The monoisotopic (exact) mass is 186 g/mol. The van der Waals surface area contributed by atoms with E-state index in [9.17, 15) is 5.11 Å². The van der Waals surface area contributed by atoms with Gasteiger partial charge in [-0.25, -0.2) is 0 Å². The molecular weight excluding hydrogens is 172 g/mol. The van der Waals surface area contributed by atoms with Crippen molar-refractivity contribution in [3.8, 4) is 0 Å². The molecule has 0 spiro atoms. The molecule has 68 valence electrons. The second kappa shape index (κ2) is 2.39. The molecule has 0 radical (unpaired) electrons. The predicted octanol–water partition coefficient (Wildman–Crippen LogP) is 2.02. The Balaban J connectivity index is 1.98. The summed E-state index contributed by atoms with van der Waals surface area (Å²) in [5, 5.41) is 10.2. The molecule has 3 saturated carbocycles. The molecule has 2 heteroatoms. The van der Waals surface area contributed by atoms with Gasteiger partial charge >= 0.3 is 0 Å². The molecule has 0 aromatic rings. The highest BCUT2D eigenvalue weighted by molar-refractivity contribution is 6.21. The molecule has 0 saturated heterocycles. The molecule has 3 rings (SSSR count). The molecule has 3 aliphatic carbocycles. The zero-order valence-corrected chi connectivity index (χ0v) is 7.87. The average molecular weight is 187 g/mol. The number of aliphatic hydroxyl groups is 1. The summed E-state index contributed by atoms with van der Waals surface area (Å²) in [6.45, 7) is 0. The molecule has 3 aliphatic rings. The largest absolute Gasteiger partial charge is 0.392 e. The van der Waals surface area contributed by atoms with E-state index in [0.29, 0.717) is 11.8 Å². The number of rotatable bonds is 0. The van der Waals surface area contributed by atoms with Crippen molar-refractivity contribution in [2.24, 2.45) is 23.7 Å². The average Bonchev–Trinajstić information content (AvgIpc) is 2.18. The summed E-state index contributed by atoms with van der Waals surface area (Å²) in [4.78, 5) is 0. The Kier molecular flexibility index (Phi) is 1.52. The van der Waals surface area contributed by atoms with Gasteiger partial charge in [-0.15, -0.1) is 11.6 Å². The van der Waals surface area contributed by atoms with Gasteiger partial charge in [0.25, 0.3) is 0 Å². The van der Waals surface area contributed by atoms with Crippen LogP contribution in [0.15, 0.2) is 0 Å². The van der Waals surface area contributed by atoms with E-state index in [1.54, 1.807) is 0 Å². The normalized spacial score (nSPS) is 62.5. The Hall–Kier alpha value is 0.250. The predicted molar refractivity (Wildman–Crippen MR) is 48.1 cm³/mol. The number of fused-ring (bicyclic) bond motifs is 2. The third-order valence-corrected chi connectivity index (χ3v) is 4.74. The number of halogens is 1. The van der Waals surface area contributed by atoms with Crippen molar-refractivity contribution < 1.29 is 5.11 Å². The Morgan fingerprint density at radius 1 is 1.00 bits per heavy atom. The van der Waals surface area contributed by atoms with Crippen molar-refractivity contribution in [1.82, 2.24) is 0 Å². The molecule has 12 heavy (non-hydrogen) atoms.